The quantitative estimate of drug-likeness (QED) is 0.757. The van der Waals surface area contributed by atoms with Crippen LogP contribution in [0.1, 0.15) is 61.8 Å². The number of amides is 1. The first-order chi connectivity index (χ1) is 12.9. The maximum Gasteiger partial charge on any atom is 0.341 e. The minimum Gasteiger partial charge on any atom is -0.478 e. The maximum absolute atomic E-state index is 12.7. The summed E-state index contributed by atoms with van der Waals surface area (Å²) >= 11 is 1.38. The zero-order valence-electron chi connectivity index (χ0n) is 15.2. The Morgan fingerprint density at radius 1 is 1.26 bits per heavy atom. The van der Waals surface area contributed by atoms with Crippen LogP contribution in [-0.2, 0) is 17.6 Å². The first-order valence-corrected chi connectivity index (χ1v) is 9.69. The summed E-state index contributed by atoms with van der Waals surface area (Å²) in [6.45, 7) is 4.14. The summed E-state index contributed by atoms with van der Waals surface area (Å²) in [4.78, 5) is 37.7. The first-order valence-electron chi connectivity index (χ1n) is 8.87. The number of fused-ring (bicyclic) bond motifs is 1. The number of carboxylic acid groups (broad SMARTS) is 1. The molecule has 0 bridgehead atoms. The summed E-state index contributed by atoms with van der Waals surface area (Å²) in [5.74, 6) is -1.66. The Kier molecular flexibility index (Phi) is 5.60. The predicted molar refractivity (Wildman–Crippen MR) is 103 cm³/mol. The summed E-state index contributed by atoms with van der Waals surface area (Å²) in [5.41, 5.74) is 1.32. The summed E-state index contributed by atoms with van der Waals surface area (Å²) in [7, 11) is 0. The fraction of sp³-hybridized carbons (Fsp3) is 0.350. The predicted octanol–water partition coefficient (Wildman–Crippen LogP) is 4.00. The average Bonchev–Trinajstić information content (AvgIpc) is 2.98. The van der Waals surface area contributed by atoms with E-state index in [2.05, 4.69) is 12.2 Å². The first kappa shape index (κ1) is 19.1. The number of carbonyl (C=O) groups excluding carboxylic acids is 2. The van der Waals surface area contributed by atoms with Gasteiger partial charge in [-0.3, -0.25) is 4.79 Å². The van der Waals surface area contributed by atoms with Crippen molar-refractivity contribution in [2.75, 3.05) is 11.9 Å². The monoisotopic (exact) mass is 387 g/mol. The lowest BCUT2D eigenvalue weighted by atomic mass is 9.88. The lowest BCUT2D eigenvalue weighted by Crippen LogP contribution is -2.18. The highest BCUT2D eigenvalue weighted by Gasteiger charge is 2.29. The molecule has 27 heavy (non-hydrogen) atoms. The molecule has 1 heterocycles. The number of nitrogens with one attached hydrogen (secondary N) is 1. The third kappa shape index (κ3) is 3.88. The second kappa shape index (κ2) is 7.92. The molecular formula is C20H21NO5S. The molecule has 0 saturated heterocycles. The number of thiophene rings is 1. The molecular weight excluding hydrogens is 366 g/mol. The van der Waals surface area contributed by atoms with Crippen LogP contribution in [0.25, 0.3) is 0 Å². The van der Waals surface area contributed by atoms with Crippen LogP contribution in [0.3, 0.4) is 0 Å². The topological polar surface area (TPSA) is 92.7 Å². The van der Waals surface area contributed by atoms with Gasteiger partial charge in [-0.1, -0.05) is 19.1 Å². The molecule has 3 rings (SSSR count). The van der Waals surface area contributed by atoms with E-state index in [9.17, 15) is 19.5 Å². The summed E-state index contributed by atoms with van der Waals surface area (Å²) in [5, 5.41) is 12.5. The van der Waals surface area contributed by atoms with Crippen molar-refractivity contribution >= 4 is 34.2 Å². The minimum absolute atomic E-state index is 0.0551. The van der Waals surface area contributed by atoms with E-state index in [-0.39, 0.29) is 17.7 Å². The Hall–Kier alpha value is -2.67. The van der Waals surface area contributed by atoms with E-state index in [1.165, 1.54) is 23.5 Å². The number of aromatic carboxylic acids is 1. The van der Waals surface area contributed by atoms with E-state index < -0.39 is 17.8 Å². The van der Waals surface area contributed by atoms with Crippen molar-refractivity contribution in [1.82, 2.24) is 0 Å². The fourth-order valence-corrected chi connectivity index (χ4v) is 4.69. The maximum atomic E-state index is 12.7. The third-order valence-electron chi connectivity index (χ3n) is 4.62. The highest BCUT2D eigenvalue weighted by molar-refractivity contribution is 7.17. The number of anilines is 1. The lowest BCUT2D eigenvalue weighted by molar-refractivity contribution is 0.0526. The Labute approximate surface area is 161 Å². The minimum atomic E-state index is -1.18. The Morgan fingerprint density at radius 2 is 1.96 bits per heavy atom. The van der Waals surface area contributed by atoms with Crippen molar-refractivity contribution in [2.24, 2.45) is 5.92 Å². The lowest BCUT2D eigenvalue weighted by Gasteiger charge is -2.18. The van der Waals surface area contributed by atoms with E-state index >= 15 is 0 Å². The number of benzene rings is 1. The number of rotatable bonds is 5. The number of carboxylic acids is 1. The molecule has 1 aliphatic rings. The second-order valence-electron chi connectivity index (χ2n) is 6.58. The Bertz CT molecular complexity index is 902. The molecule has 0 radical (unpaired) electrons. The molecule has 6 nitrogen and oxygen atoms in total. The van der Waals surface area contributed by atoms with Crippen molar-refractivity contribution in [1.29, 1.82) is 0 Å². The molecule has 0 saturated carbocycles. The van der Waals surface area contributed by atoms with E-state index in [1.807, 2.05) is 0 Å². The van der Waals surface area contributed by atoms with Crippen molar-refractivity contribution in [2.45, 2.75) is 33.1 Å². The number of hydrogen-bond acceptors (Lipinski definition) is 5. The molecule has 1 unspecified atom stereocenters. The molecule has 0 fully saturated rings. The molecule has 142 valence electrons. The van der Waals surface area contributed by atoms with Gasteiger partial charge in [0.1, 0.15) is 5.00 Å². The third-order valence-corrected chi connectivity index (χ3v) is 5.79. The number of ether oxygens (including phenoxy) is 1. The number of hydrogen-bond donors (Lipinski definition) is 2. The van der Waals surface area contributed by atoms with Crippen LogP contribution in [0.5, 0.6) is 0 Å². The SMILES string of the molecule is CCOC(=O)c1c(NC(=O)c2ccccc2C(=O)O)sc2c1CCC(C)C2. The second-order valence-corrected chi connectivity index (χ2v) is 7.69. The zero-order valence-corrected chi connectivity index (χ0v) is 16.0. The van der Waals surface area contributed by atoms with Gasteiger partial charge in [-0.15, -0.1) is 11.3 Å². The molecule has 0 spiro atoms. The standard InChI is InChI=1S/C20H21NO5S/c1-3-26-20(25)16-14-9-8-11(2)10-15(14)27-18(16)21-17(22)12-6-4-5-7-13(12)19(23)24/h4-7,11H,3,8-10H2,1-2H3,(H,21,22)(H,23,24). The van der Waals surface area contributed by atoms with E-state index in [0.717, 1.165) is 29.7 Å². The highest BCUT2D eigenvalue weighted by Crippen LogP contribution is 2.40. The number of esters is 1. The smallest absolute Gasteiger partial charge is 0.341 e. The molecule has 1 amide bonds. The Morgan fingerprint density at radius 3 is 2.63 bits per heavy atom. The van der Waals surface area contributed by atoms with Gasteiger partial charge in [-0.2, -0.15) is 0 Å². The van der Waals surface area contributed by atoms with Crippen molar-refractivity contribution in [3.05, 3.63) is 51.4 Å². The zero-order chi connectivity index (χ0) is 19.6. The van der Waals surface area contributed by atoms with Crippen LogP contribution in [0.15, 0.2) is 24.3 Å². The van der Waals surface area contributed by atoms with Gasteiger partial charge in [-0.25, -0.2) is 9.59 Å². The molecule has 0 aliphatic heterocycles. The van der Waals surface area contributed by atoms with Gasteiger partial charge in [0, 0.05) is 4.88 Å². The molecule has 7 heteroatoms. The summed E-state index contributed by atoms with van der Waals surface area (Å²) in [6, 6.07) is 6.01. The van der Waals surface area contributed by atoms with Gasteiger partial charge in [0.15, 0.2) is 0 Å². The fourth-order valence-electron chi connectivity index (χ4n) is 3.30. The van der Waals surface area contributed by atoms with Gasteiger partial charge < -0.3 is 15.2 Å². The molecule has 1 aliphatic carbocycles. The van der Waals surface area contributed by atoms with E-state index in [1.54, 1.807) is 19.1 Å². The average molecular weight is 387 g/mol. The van der Waals surface area contributed by atoms with E-state index in [0.29, 0.717) is 16.5 Å². The van der Waals surface area contributed by atoms with Gasteiger partial charge >= 0.3 is 11.9 Å². The summed E-state index contributed by atoms with van der Waals surface area (Å²) < 4.78 is 5.19. The summed E-state index contributed by atoms with van der Waals surface area (Å²) in [6.07, 6.45) is 2.60. The highest BCUT2D eigenvalue weighted by atomic mass is 32.1. The number of carbonyl (C=O) groups is 3. The van der Waals surface area contributed by atoms with Crippen molar-refractivity contribution in [3.8, 4) is 0 Å². The molecule has 1 atom stereocenters. The normalized spacial score (nSPS) is 15.7. The Balaban J connectivity index is 1.98. The van der Waals surface area contributed by atoms with Crippen LogP contribution in [-0.4, -0.2) is 29.6 Å². The van der Waals surface area contributed by atoms with Crippen molar-refractivity contribution in [3.63, 3.8) is 0 Å². The van der Waals surface area contributed by atoms with Crippen LogP contribution in [0.2, 0.25) is 0 Å². The van der Waals surface area contributed by atoms with Gasteiger partial charge in [-0.05, 0) is 49.8 Å². The molecule has 2 N–H and O–H groups in total. The molecule has 1 aromatic heterocycles. The molecule has 2 aromatic rings. The molecule has 1 aromatic carbocycles. The van der Waals surface area contributed by atoms with Crippen LogP contribution < -0.4 is 5.32 Å². The van der Waals surface area contributed by atoms with Crippen LogP contribution in [0, 0.1) is 5.92 Å². The van der Waals surface area contributed by atoms with E-state index in [4.69, 9.17) is 4.74 Å². The van der Waals surface area contributed by atoms with Gasteiger partial charge in [0.2, 0.25) is 0 Å². The van der Waals surface area contributed by atoms with Crippen LogP contribution >= 0.6 is 11.3 Å². The van der Waals surface area contributed by atoms with Crippen LogP contribution in [0.4, 0.5) is 5.00 Å². The van der Waals surface area contributed by atoms with Gasteiger partial charge in [0.25, 0.3) is 5.91 Å². The van der Waals surface area contributed by atoms with Crippen molar-refractivity contribution < 1.29 is 24.2 Å². The largest absolute Gasteiger partial charge is 0.478 e. The van der Waals surface area contributed by atoms with Gasteiger partial charge in [0.05, 0.1) is 23.3 Å².